The van der Waals surface area contributed by atoms with E-state index in [-0.39, 0.29) is 10.9 Å². The Hall–Kier alpha value is -2.09. The smallest absolute Gasteiger partial charge is 0.283 e. The van der Waals surface area contributed by atoms with E-state index in [1.54, 1.807) is 26.0 Å². The van der Waals surface area contributed by atoms with Gasteiger partial charge in [-0.15, -0.1) is 0 Å². The van der Waals surface area contributed by atoms with Crippen molar-refractivity contribution >= 4 is 21.6 Å². The number of pyridine rings is 1. The first-order chi connectivity index (χ1) is 9.95. The van der Waals surface area contributed by atoms with E-state index in [0.29, 0.717) is 23.5 Å². The number of rotatable bonds is 6. The molecule has 0 aliphatic rings. The zero-order chi connectivity index (χ0) is 15.5. The van der Waals surface area contributed by atoms with E-state index in [0.717, 1.165) is 6.42 Å². The second-order valence-electron chi connectivity index (χ2n) is 4.61. The largest absolute Gasteiger partial charge is 0.383 e. The van der Waals surface area contributed by atoms with Crippen LogP contribution in [0.15, 0.2) is 27.9 Å². The van der Waals surface area contributed by atoms with Crippen molar-refractivity contribution in [2.75, 3.05) is 16.6 Å². The third-order valence-corrected chi connectivity index (χ3v) is 4.26. The van der Waals surface area contributed by atoms with Crippen molar-refractivity contribution in [3.05, 3.63) is 29.6 Å². The lowest BCUT2D eigenvalue weighted by Crippen LogP contribution is -2.17. The van der Waals surface area contributed by atoms with Gasteiger partial charge >= 0.3 is 0 Å². The Morgan fingerprint density at radius 1 is 1.33 bits per heavy atom. The van der Waals surface area contributed by atoms with Gasteiger partial charge in [-0.1, -0.05) is 12.1 Å². The first-order valence-electron chi connectivity index (χ1n) is 6.60. The van der Waals surface area contributed by atoms with E-state index in [9.17, 15) is 8.42 Å². The molecular formula is C13H18N4O3S. The van der Waals surface area contributed by atoms with Gasteiger partial charge in [0.1, 0.15) is 0 Å². The van der Waals surface area contributed by atoms with Crippen molar-refractivity contribution in [2.45, 2.75) is 32.2 Å². The number of sulfonamides is 1. The summed E-state index contributed by atoms with van der Waals surface area (Å²) in [7, 11) is -3.84. The number of aryl methyl sites for hydroxylation is 1. The molecule has 2 aromatic heterocycles. The highest BCUT2D eigenvalue weighted by molar-refractivity contribution is 7.92. The molecule has 0 aromatic carbocycles. The van der Waals surface area contributed by atoms with Crippen molar-refractivity contribution < 1.29 is 12.9 Å². The minimum absolute atomic E-state index is 0.0631. The Labute approximate surface area is 123 Å². The molecule has 0 aliphatic carbocycles. The molecule has 21 heavy (non-hydrogen) atoms. The Morgan fingerprint density at radius 3 is 2.71 bits per heavy atom. The van der Waals surface area contributed by atoms with Crippen LogP contribution < -0.4 is 10.0 Å². The summed E-state index contributed by atoms with van der Waals surface area (Å²) < 4.78 is 32.3. The summed E-state index contributed by atoms with van der Waals surface area (Å²) in [5, 5.41) is 6.71. The van der Waals surface area contributed by atoms with Gasteiger partial charge in [0.05, 0.1) is 11.4 Å². The molecule has 0 radical (unpaired) electrons. The third kappa shape index (κ3) is 3.33. The van der Waals surface area contributed by atoms with Crippen LogP contribution in [0.2, 0.25) is 0 Å². The zero-order valence-electron chi connectivity index (χ0n) is 12.2. The highest BCUT2D eigenvalue weighted by Crippen LogP contribution is 2.24. The number of nitrogens with zero attached hydrogens (tertiary/aromatic N) is 2. The lowest BCUT2D eigenvalue weighted by atomic mass is 10.3. The predicted molar refractivity (Wildman–Crippen MR) is 79.8 cm³/mol. The summed E-state index contributed by atoms with van der Waals surface area (Å²) >= 11 is 0. The Balaban J connectivity index is 2.33. The molecule has 2 heterocycles. The van der Waals surface area contributed by atoms with E-state index in [4.69, 9.17) is 4.52 Å². The molecule has 114 valence electrons. The van der Waals surface area contributed by atoms with E-state index in [1.165, 1.54) is 6.20 Å². The monoisotopic (exact) mass is 310 g/mol. The average Bonchev–Trinajstić information content (AvgIpc) is 2.77. The SMILES string of the molecule is CCCNc1cccnc1S(=O)(=O)Nc1onc(C)c1C. The first-order valence-corrected chi connectivity index (χ1v) is 8.08. The van der Waals surface area contributed by atoms with Crippen LogP contribution in [-0.4, -0.2) is 25.1 Å². The van der Waals surface area contributed by atoms with Gasteiger partial charge in [-0.2, -0.15) is 8.42 Å². The Bertz CT molecular complexity index is 725. The van der Waals surface area contributed by atoms with Gasteiger partial charge in [-0.05, 0) is 32.4 Å². The molecule has 0 unspecified atom stereocenters. The van der Waals surface area contributed by atoms with Crippen molar-refractivity contribution in [2.24, 2.45) is 0 Å². The van der Waals surface area contributed by atoms with Crippen LogP contribution in [0.4, 0.5) is 11.6 Å². The maximum absolute atomic E-state index is 12.4. The van der Waals surface area contributed by atoms with Gasteiger partial charge in [0.25, 0.3) is 10.0 Å². The van der Waals surface area contributed by atoms with E-state index < -0.39 is 10.0 Å². The topological polar surface area (TPSA) is 97.1 Å². The summed E-state index contributed by atoms with van der Waals surface area (Å²) in [5.41, 5.74) is 1.75. The van der Waals surface area contributed by atoms with E-state index in [1.807, 2.05) is 6.92 Å². The van der Waals surface area contributed by atoms with Gasteiger partial charge in [-0.25, -0.2) is 9.71 Å². The first kappa shape index (κ1) is 15.3. The fourth-order valence-electron chi connectivity index (χ4n) is 1.68. The minimum atomic E-state index is -3.84. The van der Waals surface area contributed by atoms with E-state index in [2.05, 4.69) is 20.2 Å². The van der Waals surface area contributed by atoms with Gasteiger partial charge < -0.3 is 9.84 Å². The second-order valence-corrected chi connectivity index (χ2v) is 6.21. The van der Waals surface area contributed by atoms with Gasteiger partial charge in [0, 0.05) is 18.3 Å². The third-order valence-electron chi connectivity index (χ3n) is 2.98. The van der Waals surface area contributed by atoms with Crippen LogP contribution in [0, 0.1) is 13.8 Å². The molecule has 2 rings (SSSR count). The zero-order valence-corrected chi connectivity index (χ0v) is 13.0. The Kier molecular flexibility index (Phi) is 4.46. The van der Waals surface area contributed by atoms with Gasteiger partial charge in [0.15, 0.2) is 5.03 Å². The molecule has 0 amide bonds. The molecule has 2 N–H and O–H groups in total. The number of hydrogen-bond donors (Lipinski definition) is 2. The summed E-state index contributed by atoms with van der Waals surface area (Å²) in [6, 6.07) is 3.36. The minimum Gasteiger partial charge on any atom is -0.383 e. The fourth-order valence-corrected chi connectivity index (χ4v) is 2.84. The number of anilines is 2. The fraction of sp³-hybridized carbons (Fsp3) is 0.385. The van der Waals surface area contributed by atoms with Gasteiger partial charge in [-0.3, -0.25) is 0 Å². The lowest BCUT2D eigenvalue weighted by Gasteiger charge is -2.11. The van der Waals surface area contributed by atoms with Crippen molar-refractivity contribution in [3.63, 3.8) is 0 Å². The molecule has 0 saturated carbocycles. The molecule has 8 heteroatoms. The van der Waals surface area contributed by atoms with Crippen molar-refractivity contribution in [1.29, 1.82) is 0 Å². The molecule has 0 spiro atoms. The predicted octanol–water partition coefficient (Wildman–Crippen LogP) is 2.31. The van der Waals surface area contributed by atoms with E-state index >= 15 is 0 Å². The molecule has 7 nitrogen and oxygen atoms in total. The number of hydrogen-bond acceptors (Lipinski definition) is 6. The maximum Gasteiger partial charge on any atom is 0.283 e. The summed E-state index contributed by atoms with van der Waals surface area (Å²) in [4.78, 5) is 3.96. The molecule has 0 atom stereocenters. The molecule has 0 aliphatic heterocycles. The lowest BCUT2D eigenvalue weighted by molar-refractivity contribution is 0.430. The summed E-state index contributed by atoms with van der Waals surface area (Å²) in [6.45, 7) is 6.13. The molecule has 2 aromatic rings. The second kappa shape index (κ2) is 6.13. The number of aromatic nitrogens is 2. The highest BCUT2D eigenvalue weighted by atomic mass is 32.2. The maximum atomic E-state index is 12.4. The summed E-state index contributed by atoms with van der Waals surface area (Å²) in [5.74, 6) is 0.111. The van der Waals surface area contributed by atoms with Crippen molar-refractivity contribution in [1.82, 2.24) is 10.1 Å². The van der Waals surface area contributed by atoms with Crippen LogP contribution in [0.3, 0.4) is 0 Å². The van der Waals surface area contributed by atoms with Crippen LogP contribution in [-0.2, 0) is 10.0 Å². The van der Waals surface area contributed by atoms with Crippen LogP contribution >= 0.6 is 0 Å². The van der Waals surface area contributed by atoms with Crippen LogP contribution in [0.1, 0.15) is 24.6 Å². The summed E-state index contributed by atoms with van der Waals surface area (Å²) in [6.07, 6.45) is 2.31. The van der Waals surface area contributed by atoms with Crippen LogP contribution in [0.25, 0.3) is 0 Å². The molecular weight excluding hydrogens is 292 g/mol. The van der Waals surface area contributed by atoms with Crippen LogP contribution in [0.5, 0.6) is 0 Å². The Morgan fingerprint density at radius 2 is 2.10 bits per heavy atom. The highest BCUT2D eigenvalue weighted by Gasteiger charge is 2.23. The normalized spacial score (nSPS) is 11.4. The molecule has 0 saturated heterocycles. The quantitative estimate of drug-likeness (QED) is 0.849. The standard InChI is InChI=1S/C13H18N4O3S/c1-4-7-14-11-6-5-8-15-13(11)21(18,19)17-12-9(2)10(3)16-20-12/h5-6,8,14,17H,4,7H2,1-3H3. The average molecular weight is 310 g/mol. The molecule has 0 fully saturated rings. The molecule has 0 bridgehead atoms. The van der Waals surface area contributed by atoms with Crippen molar-refractivity contribution in [3.8, 4) is 0 Å². The van der Waals surface area contributed by atoms with Gasteiger partial charge in [0.2, 0.25) is 5.88 Å². The number of nitrogens with one attached hydrogen (secondary N) is 2.